The summed E-state index contributed by atoms with van der Waals surface area (Å²) in [5, 5.41) is 9.91. The average molecular weight is 450 g/mol. The summed E-state index contributed by atoms with van der Waals surface area (Å²) in [5.41, 5.74) is 3.82. The van der Waals surface area contributed by atoms with Gasteiger partial charge in [-0.1, -0.05) is 0 Å². The van der Waals surface area contributed by atoms with Crippen LogP contribution in [0.15, 0.2) is 41.9 Å². The molecule has 0 aliphatic heterocycles. The number of nitrogens with one attached hydrogen (secondary N) is 1. The molecular formula is C22H19FN6O2S. The van der Waals surface area contributed by atoms with E-state index in [0.717, 1.165) is 16.6 Å². The molecule has 0 aliphatic rings. The maximum atomic E-state index is 13.4. The molecule has 4 heterocycles. The number of halogens is 1. The van der Waals surface area contributed by atoms with Crippen LogP contribution in [0.5, 0.6) is 5.88 Å². The number of imidazole rings is 1. The summed E-state index contributed by atoms with van der Waals surface area (Å²) in [6.45, 7) is 3.64. The number of benzene rings is 1. The monoisotopic (exact) mass is 450 g/mol. The minimum absolute atomic E-state index is 0.236. The standard InChI is InChI=1S/C22H19FN6O2S/c1-12-10-13(2)24-19-17(12)21(27-28(19)3)31-11-16(30)25-20-18(14-4-6-15(23)7-5-14)26-22-29(20)8-9-32-22/h4-10H,11H2,1-3H3,(H,25,30). The summed E-state index contributed by atoms with van der Waals surface area (Å²) >= 11 is 1.44. The Hall–Kier alpha value is -3.79. The lowest BCUT2D eigenvalue weighted by molar-refractivity contribution is -0.118. The second kappa shape index (κ2) is 7.72. The predicted octanol–water partition coefficient (Wildman–Crippen LogP) is 4.12. The highest BCUT2D eigenvalue weighted by Gasteiger charge is 2.19. The minimum atomic E-state index is -0.363. The van der Waals surface area contributed by atoms with Crippen molar-refractivity contribution in [2.45, 2.75) is 13.8 Å². The van der Waals surface area contributed by atoms with Crippen molar-refractivity contribution in [2.75, 3.05) is 11.9 Å². The van der Waals surface area contributed by atoms with Gasteiger partial charge < -0.3 is 10.1 Å². The average Bonchev–Trinajstić information content (AvgIpc) is 3.42. The summed E-state index contributed by atoms with van der Waals surface area (Å²) < 4.78 is 22.6. The van der Waals surface area contributed by atoms with Crippen molar-refractivity contribution < 1.29 is 13.9 Å². The summed E-state index contributed by atoms with van der Waals surface area (Å²) in [4.78, 5) is 22.6. The molecule has 5 aromatic rings. The number of thiazole rings is 1. The predicted molar refractivity (Wildman–Crippen MR) is 121 cm³/mol. The lowest BCUT2D eigenvalue weighted by Gasteiger charge is -2.08. The van der Waals surface area contributed by atoms with Crippen LogP contribution >= 0.6 is 11.3 Å². The van der Waals surface area contributed by atoms with Gasteiger partial charge in [-0.05, 0) is 49.7 Å². The number of nitrogens with zero attached hydrogens (tertiary/aromatic N) is 5. The zero-order chi connectivity index (χ0) is 22.4. The fraction of sp³-hybridized carbons (Fsp3) is 0.182. The van der Waals surface area contributed by atoms with E-state index in [-0.39, 0.29) is 18.3 Å². The van der Waals surface area contributed by atoms with E-state index in [1.54, 1.807) is 28.3 Å². The zero-order valence-corrected chi connectivity index (χ0v) is 18.4. The summed E-state index contributed by atoms with van der Waals surface area (Å²) in [7, 11) is 1.79. The van der Waals surface area contributed by atoms with E-state index in [9.17, 15) is 9.18 Å². The van der Waals surface area contributed by atoms with Gasteiger partial charge in [0.1, 0.15) is 17.3 Å². The maximum Gasteiger partial charge on any atom is 0.263 e. The molecule has 0 atom stereocenters. The Morgan fingerprint density at radius 2 is 2.00 bits per heavy atom. The van der Waals surface area contributed by atoms with E-state index in [1.165, 1.54) is 23.5 Å². The fourth-order valence-corrected chi connectivity index (χ4v) is 4.38. The van der Waals surface area contributed by atoms with Crippen molar-refractivity contribution in [3.63, 3.8) is 0 Å². The summed E-state index contributed by atoms with van der Waals surface area (Å²) in [6.07, 6.45) is 1.82. The highest BCUT2D eigenvalue weighted by molar-refractivity contribution is 7.15. The molecule has 0 saturated carbocycles. The van der Waals surface area contributed by atoms with Crippen LogP contribution in [0, 0.1) is 19.7 Å². The van der Waals surface area contributed by atoms with Gasteiger partial charge in [0.15, 0.2) is 17.2 Å². The first-order valence-electron chi connectivity index (χ1n) is 9.86. The molecule has 5 rings (SSSR count). The van der Waals surface area contributed by atoms with Crippen LogP contribution in [0.25, 0.3) is 27.3 Å². The lowest BCUT2D eigenvalue weighted by Crippen LogP contribution is -2.21. The molecule has 0 spiro atoms. The molecule has 162 valence electrons. The number of rotatable bonds is 5. The number of ether oxygens (including phenoxy) is 1. The molecule has 1 aromatic carbocycles. The van der Waals surface area contributed by atoms with Crippen LogP contribution in [0.1, 0.15) is 11.3 Å². The highest BCUT2D eigenvalue weighted by Crippen LogP contribution is 2.31. The van der Waals surface area contributed by atoms with Crippen molar-refractivity contribution in [1.82, 2.24) is 24.1 Å². The van der Waals surface area contributed by atoms with Crippen LogP contribution in [-0.4, -0.2) is 36.7 Å². The van der Waals surface area contributed by atoms with Gasteiger partial charge in [-0.3, -0.25) is 9.20 Å². The minimum Gasteiger partial charge on any atom is -0.466 e. The van der Waals surface area contributed by atoms with Crippen LogP contribution in [0.3, 0.4) is 0 Å². The normalized spacial score (nSPS) is 11.4. The second-order valence-electron chi connectivity index (χ2n) is 7.42. The molecule has 0 aliphatic carbocycles. The zero-order valence-electron chi connectivity index (χ0n) is 17.6. The van der Waals surface area contributed by atoms with Crippen molar-refractivity contribution in [3.8, 4) is 17.1 Å². The van der Waals surface area contributed by atoms with Gasteiger partial charge in [-0.2, -0.15) is 0 Å². The van der Waals surface area contributed by atoms with Crippen LogP contribution < -0.4 is 10.1 Å². The largest absolute Gasteiger partial charge is 0.466 e. The molecule has 1 N–H and O–H groups in total. The number of aromatic nitrogens is 5. The Morgan fingerprint density at radius 1 is 1.22 bits per heavy atom. The summed E-state index contributed by atoms with van der Waals surface area (Å²) in [6, 6.07) is 7.94. The molecule has 0 bridgehead atoms. The third kappa shape index (κ3) is 3.48. The van der Waals surface area contributed by atoms with Gasteiger partial charge in [-0.25, -0.2) is 19.0 Å². The number of pyridine rings is 1. The van der Waals surface area contributed by atoms with Gasteiger partial charge in [0.05, 0.1) is 5.39 Å². The van der Waals surface area contributed by atoms with Crippen LogP contribution in [-0.2, 0) is 11.8 Å². The first kappa shape index (κ1) is 20.1. The van der Waals surface area contributed by atoms with E-state index in [2.05, 4.69) is 20.4 Å². The number of fused-ring (bicyclic) bond motifs is 2. The van der Waals surface area contributed by atoms with E-state index in [0.29, 0.717) is 33.6 Å². The third-order valence-electron chi connectivity index (χ3n) is 5.06. The van der Waals surface area contributed by atoms with Crippen molar-refractivity contribution in [2.24, 2.45) is 7.05 Å². The first-order chi connectivity index (χ1) is 15.4. The lowest BCUT2D eigenvalue weighted by atomic mass is 10.1. The highest BCUT2D eigenvalue weighted by atomic mass is 32.1. The first-order valence-corrected chi connectivity index (χ1v) is 10.7. The molecule has 4 aromatic heterocycles. The Labute approximate surface area is 186 Å². The number of aryl methyl sites for hydroxylation is 3. The van der Waals surface area contributed by atoms with E-state index in [1.807, 2.05) is 31.5 Å². The quantitative estimate of drug-likeness (QED) is 0.435. The number of amides is 1. The molecule has 1 amide bonds. The third-order valence-corrected chi connectivity index (χ3v) is 5.82. The number of carbonyl (C=O) groups is 1. The molecule has 0 fully saturated rings. The molecule has 0 saturated heterocycles. The van der Waals surface area contributed by atoms with Crippen molar-refractivity contribution in [1.29, 1.82) is 0 Å². The van der Waals surface area contributed by atoms with Gasteiger partial charge in [0.2, 0.25) is 5.88 Å². The Kier molecular flexibility index (Phi) is 4.86. The molecule has 0 radical (unpaired) electrons. The van der Waals surface area contributed by atoms with Crippen molar-refractivity contribution in [3.05, 3.63) is 59.0 Å². The van der Waals surface area contributed by atoms with Gasteiger partial charge >= 0.3 is 0 Å². The van der Waals surface area contributed by atoms with Gasteiger partial charge in [0.25, 0.3) is 5.91 Å². The fourth-order valence-electron chi connectivity index (χ4n) is 3.67. The molecular weight excluding hydrogens is 431 g/mol. The second-order valence-corrected chi connectivity index (χ2v) is 8.29. The molecule has 0 unspecified atom stereocenters. The molecule has 32 heavy (non-hydrogen) atoms. The molecule has 10 heteroatoms. The Balaban J connectivity index is 1.41. The van der Waals surface area contributed by atoms with E-state index in [4.69, 9.17) is 4.74 Å². The topological polar surface area (TPSA) is 86.3 Å². The SMILES string of the molecule is Cc1cc(C)c2c(OCC(=O)Nc3c(-c4ccc(F)cc4)nc4sccn34)nn(C)c2n1. The van der Waals surface area contributed by atoms with E-state index >= 15 is 0 Å². The van der Waals surface area contributed by atoms with Crippen LogP contribution in [0.4, 0.5) is 10.2 Å². The van der Waals surface area contributed by atoms with Gasteiger partial charge in [-0.15, -0.1) is 16.4 Å². The van der Waals surface area contributed by atoms with E-state index < -0.39 is 0 Å². The number of hydrogen-bond acceptors (Lipinski definition) is 6. The number of anilines is 1. The van der Waals surface area contributed by atoms with Gasteiger partial charge in [0, 0.05) is 29.9 Å². The van der Waals surface area contributed by atoms with Crippen molar-refractivity contribution >= 4 is 39.1 Å². The maximum absolute atomic E-state index is 13.4. The smallest absolute Gasteiger partial charge is 0.263 e. The Morgan fingerprint density at radius 3 is 2.78 bits per heavy atom. The number of carbonyl (C=O) groups excluding carboxylic acids is 1. The molecule has 8 nitrogen and oxygen atoms in total. The Bertz CT molecular complexity index is 1470. The number of hydrogen-bond donors (Lipinski definition) is 1. The van der Waals surface area contributed by atoms with Crippen LogP contribution in [0.2, 0.25) is 0 Å². The summed E-state index contributed by atoms with van der Waals surface area (Å²) in [5.74, 6) is 0.158.